The number of rotatable bonds is 3. The van der Waals surface area contributed by atoms with Crippen LogP contribution in [0, 0.1) is 0 Å². The van der Waals surface area contributed by atoms with Gasteiger partial charge in [-0.3, -0.25) is 4.79 Å². The molecule has 0 aliphatic carbocycles. The van der Waals surface area contributed by atoms with Crippen LogP contribution in [0.25, 0.3) is 0 Å². The number of hydrogen-bond donors (Lipinski definition) is 0. The van der Waals surface area contributed by atoms with E-state index in [4.69, 9.17) is 0 Å². The quantitative estimate of drug-likeness (QED) is 0.831. The maximum absolute atomic E-state index is 12.0. The summed E-state index contributed by atoms with van der Waals surface area (Å²) in [7, 11) is 0. The first-order valence-electron chi connectivity index (χ1n) is 6.41. The van der Waals surface area contributed by atoms with Crippen LogP contribution in [0.1, 0.15) is 17.2 Å². The Morgan fingerprint density at radius 3 is 2.21 bits per heavy atom. The number of ketones is 1. The summed E-state index contributed by atoms with van der Waals surface area (Å²) in [4.78, 5) is 14.1. The van der Waals surface area contributed by atoms with Gasteiger partial charge in [0.05, 0.1) is 0 Å². The second kappa shape index (κ2) is 5.11. The Bertz CT molecular complexity index is 589. The summed E-state index contributed by atoms with van der Waals surface area (Å²) in [6.45, 7) is 0.753. The van der Waals surface area contributed by atoms with Gasteiger partial charge in [0, 0.05) is 12.7 Å². The monoisotopic (exact) mass is 249 g/mol. The van der Waals surface area contributed by atoms with Gasteiger partial charge >= 0.3 is 0 Å². The Balaban J connectivity index is 1.85. The summed E-state index contributed by atoms with van der Waals surface area (Å²) >= 11 is 0. The van der Waals surface area contributed by atoms with Crippen LogP contribution in [0.15, 0.2) is 72.9 Å². The lowest BCUT2D eigenvalue weighted by molar-refractivity contribution is -0.117. The minimum atomic E-state index is -0.179. The number of carbonyl (C=O) groups excluding carboxylic acids is 1. The molecule has 0 fully saturated rings. The van der Waals surface area contributed by atoms with E-state index in [9.17, 15) is 4.79 Å². The average molecular weight is 249 g/mol. The standard InChI is InChI=1S/C17H15NO/c19-16-11-12-18(13-14-7-3-1-4-8-14)17(16)15-9-5-2-6-10-15/h1-12,17H,13H2. The van der Waals surface area contributed by atoms with Crippen molar-refractivity contribution in [2.45, 2.75) is 12.6 Å². The van der Waals surface area contributed by atoms with Crippen LogP contribution < -0.4 is 0 Å². The highest BCUT2D eigenvalue weighted by molar-refractivity contribution is 5.97. The van der Waals surface area contributed by atoms with Crippen molar-refractivity contribution in [1.29, 1.82) is 0 Å². The summed E-state index contributed by atoms with van der Waals surface area (Å²) in [6, 6.07) is 20.0. The lowest BCUT2D eigenvalue weighted by Crippen LogP contribution is -2.23. The Hall–Kier alpha value is -2.35. The number of benzene rings is 2. The molecule has 2 aromatic carbocycles. The summed E-state index contributed by atoms with van der Waals surface area (Å²) in [5.41, 5.74) is 2.26. The number of carbonyl (C=O) groups is 1. The van der Waals surface area contributed by atoms with Gasteiger partial charge in [-0.1, -0.05) is 60.7 Å². The minimum absolute atomic E-state index is 0.155. The van der Waals surface area contributed by atoms with Crippen molar-refractivity contribution in [1.82, 2.24) is 4.90 Å². The lowest BCUT2D eigenvalue weighted by atomic mass is 10.0. The molecule has 0 spiro atoms. The van der Waals surface area contributed by atoms with E-state index in [1.807, 2.05) is 54.7 Å². The Labute approximate surface area is 113 Å². The molecule has 1 atom stereocenters. The van der Waals surface area contributed by atoms with E-state index in [-0.39, 0.29) is 11.8 Å². The first-order valence-corrected chi connectivity index (χ1v) is 6.41. The van der Waals surface area contributed by atoms with Crippen molar-refractivity contribution in [2.75, 3.05) is 0 Å². The molecule has 94 valence electrons. The molecule has 1 aliphatic rings. The average Bonchev–Trinajstić information content (AvgIpc) is 2.82. The van der Waals surface area contributed by atoms with Crippen LogP contribution in [-0.4, -0.2) is 10.7 Å². The third-order valence-electron chi connectivity index (χ3n) is 3.35. The zero-order valence-electron chi connectivity index (χ0n) is 10.6. The van der Waals surface area contributed by atoms with E-state index in [1.54, 1.807) is 6.08 Å². The molecule has 1 heterocycles. The first kappa shape index (κ1) is 11.7. The predicted molar refractivity (Wildman–Crippen MR) is 75.3 cm³/mol. The normalized spacial score (nSPS) is 18.0. The second-order valence-electron chi connectivity index (χ2n) is 4.69. The lowest BCUT2D eigenvalue weighted by Gasteiger charge is -2.24. The molecule has 19 heavy (non-hydrogen) atoms. The van der Waals surface area contributed by atoms with Crippen molar-refractivity contribution in [3.63, 3.8) is 0 Å². The Morgan fingerprint density at radius 2 is 1.53 bits per heavy atom. The van der Waals surface area contributed by atoms with Crippen molar-refractivity contribution in [3.8, 4) is 0 Å². The van der Waals surface area contributed by atoms with Crippen LogP contribution in [0.4, 0.5) is 0 Å². The smallest absolute Gasteiger partial charge is 0.184 e. The number of nitrogens with zero attached hydrogens (tertiary/aromatic N) is 1. The van der Waals surface area contributed by atoms with Gasteiger partial charge in [0.25, 0.3) is 0 Å². The fourth-order valence-corrected chi connectivity index (χ4v) is 2.44. The third kappa shape index (κ3) is 2.43. The molecule has 0 saturated carbocycles. The fourth-order valence-electron chi connectivity index (χ4n) is 2.44. The molecule has 2 nitrogen and oxygen atoms in total. The van der Waals surface area contributed by atoms with E-state index in [0.717, 1.165) is 12.1 Å². The molecular formula is C17H15NO. The molecule has 2 aromatic rings. The highest BCUT2D eigenvalue weighted by atomic mass is 16.1. The van der Waals surface area contributed by atoms with Gasteiger partial charge in [-0.25, -0.2) is 0 Å². The Kier molecular flexibility index (Phi) is 3.15. The molecule has 0 saturated heterocycles. The van der Waals surface area contributed by atoms with Crippen LogP contribution in [-0.2, 0) is 11.3 Å². The van der Waals surface area contributed by atoms with Gasteiger partial charge in [0.15, 0.2) is 5.78 Å². The third-order valence-corrected chi connectivity index (χ3v) is 3.35. The predicted octanol–water partition coefficient (Wildman–Crippen LogP) is 3.33. The van der Waals surface area contributed by atoms with Gasteiger partial charge < -0.3 is 4.90 Å². The maximum Gasteiger partial charge on any atom is 0.184 e. The zero-order valence-corrected chi connectivity index (χ0v) is 10.6. The maximum atomic E-state index is 12.0. The summed E-state index contributed by atoms with van der Waals surface area (Å²) in [5, 5.41) is 0. The molecule has 0 N–H and O–H groups in total. The van der Waals surface area contributed by atoms with Crippen LogP contribution in [0.2, 0.25) is 0 Å². The van der Waals surface area contributed by atoms with Crippen molar-refractivity contribution in [3.05, 3.63) is 84.1 Å². The highest BCUT2D eigenvalue weighted by Crippen LogP contribution is 2.28. The van der Waals surface area contributed by atoms with Crippen LogP contribution in [0.3, 0.4) is 0 Å². The van der Waals surface area contributed by atoms with Crippen molar-refractivity contribution in [2.24, 2.45) is 0 Å². The minimum Gasteiger partial charge on any atom is -0.359 e. The Morgan fingerprint density at radius 1 is 0.895 bits per heavy atom. The van der Waals surface area contributed by atoms with Gasteiger partial charge in [-0.05, 0) is 17.2 Å². The van der Waals surface area contributed by atoms with Crippen LogP contribution >= 0.6 is 0 Å². The fraction of sp³-hybridized carbons (Fsp3) is 0.118. The molecule has 3 rings (SSSR count). The van der Waals surface area contributed by atoms with E-state index >= 15 is 0 Å². The molecule has 0 aromatic heterocycles. The van der Waals surface area contributed by atoms with E-state index < -0.39 is 0 Å². The zero-order chi connectivity index (χ0) is 13.1. The summed E-state index contributed by atoms with van der Waals surface area (Å²) < 4.78 is 0. The van der Waals surface area contributed by atoms with E-state index in [0.29, 0.717) is 0 Å². The van der Waals surface area contributed by atoms with Gasteiger partial charge in [0.1, 0.15) is 6.04 Å². The van der Waals surface area contributed by atoms with E-state index in [2.05, 4.69) is 17.0 Å². The van der Waals surface area contributed by atoms with Gasteiger partial charge in [-0.2, -0.15) is 0 Å². The number of hydrogen-bond acceptors (Lipinski definition) is 2. The highest BCUT2D eigenvalue weighted by Gasteiger charge is 2.28. The van der Waals surface area contributed by atoms with E-state index in [1.165, 1.54) is 5.56 Å². The second-order valence-corrected chi connectivity index (χ2v) is 4.69. The molecule has 0 bridgehead atoms. The van der Waals surface area contributed by atoms with Crippen LogP contribution in [0.5, 0.6) is 0 Å². The topological polar surface area (TPSA) is 20.3 Å². The molecule has 2 heteroatoms. The SMILES string of the molecule is O=C1C=CN(Cc2ccccc2)C1c1ccccc1. The largest absolute Gasteiger partial charge is 0.359 e. The van der Waals surface area contributed by atoms with Gasteiger partial charge in [-0.15, -0.1) is 0 Å². The molecule has 0 amide bonds. The molecular weight excluding hydrogens is 234 g/mol. The molecule has 1 aliphatic heterocycles. The molecule has 0 radical (unpaired) electrons. The summed E-state index contributed by atoms with van der Waals surface area (Å²) in [5.74, 6) is 0.155. The van der Waals surface area contributed by atoms with Crippen molar-refractivity contribution < 1.29 is 4.79 Å². The van der Waals surface area contributed by atoms with Crippen molar-refractivity contribution >= 4 is 5.78 Å². The summed E-state index contributed by atoms with van der Waals surface area (Å²) in [6.07, 6.45) is 3.56. The molecule has 1 unspecified atom stereocenters. The van der Waals surface area contributed by atoms with Gasteiger partial charge in [0.2, 0.25) is 0 Å². The first-order chi connectivity index (χ1) is 9.34.